The second-order valence-electron chi connectivity index (χ2n) is 5.26. The summed E-state index contributed by atoms with van der Waals surface area (Å²) in [6, 6.07) is 4.08. The summed E-state index contributed by atoms with van der Waals surface area (Å²) >= 11 is 0. The standard InChI is InChI=1S/C15H20N2O4/c1-11(18)17-6-2-5-16(7-8-17)10-15(21)12-3-4-13(19)14(20)9-12/h3-4,9,19-20H,2,5-8,10H2,1H3. The van der Waals surface area contributed by atoms with Gasteiger partial charge in [-0.1, -0.05) is 0 Å². The molecule has 1 fully saturated rings. The highest BCUT2D eigenvalue weighted by molar-refractivity contribution is 5.98. The molecule has 0 aliphatic carbocycles. The Labute approximate surface area is 123 Å². The van der Waals surface area contributed by atoms with Crippen molar-refractivity contribution in [2.45, 2.75) is 13.3 Å². The first-order valence-electron chi connectivity index (χ1n) is 7.00. The molecule has 1 saturated heterocycles. The van der Waals surface area contributed by atoms with Crippen molar-refractivity contribution in [3.8, 4) is 11.5 Å². The van der Waals surface area contributed by atoms with E-state index in [1.54, 1.807) is 11.8 Å². The molecule has 1 aliphatic rings. The summed E-state index contributed by atoms with van der Waals surface area (Å²) in [5.74, 6) is -0.578. The molecule has 6 nitrogen and oxygen atoms in total. The molecular formula is C15H20N2O4. The number of Topliss-reactive ketones (excluding diaryl/α,β-unsaturated/α-hetero) is 1. The van der Waals surface area contributed by atoms with Gasteiger partial charge in [0.15, 0.2) is 17.3 Å². The van der Waals surface area contributed by atoms with Gasteiger partial charge in [-0.25, -0.2) is 0 Å². The molecular weight excluding hydrogens is 272 g/mol. The molecule has 1 heterocycles. The Bertz CT molecular complexity index is 544. The number of nitrogens with zero attached hydrogens (tertiary/aromatic N) is 2. The number of carbonyl (C=O) groups excluding carboxylic acids is 2. The van der Waals surface area contributed by atoms with Crippen LogP contribution in [0.15, 0.2) is 18.2 Å². The molecule has 2 rings (SSSR count). The number of aromatic hydroxyl groups is 2. The van der Waals surface area contributed by atoms with Crippen molar-refractivity contribution in [3.63, 3.8) is 0 Å². The lowest BCUT2D eigenvalue weighted by atomic mass is 10.1. The second kappa shape index (κ2) is 6.58. The Morgan fingerprint density at radius 1 is 1.10 bits per heavy atom. The van der Waals surface area contributed by atoms with E-state index in [9.17, 15) is 19.8 Å². The molecule has 0 unspecified atom stereocenters. The fourth-order valence-corrected chi connectivity index (χ4v) is 2.44. The molecule has 21 heavy (non-hydrogen) atoms. The number of ketones is 1. The van der Waals surface area contributed by atoms with Crippen LogP contribution in [0.4, 0.5) is 0 Å². The maximum atomic E-state index is 12.2. The Morgan fingerprint density at radius 3 is 2.52 bits per heavy atom. The molecule has 1 amide bonds. The minimum absolute atomic E-state index is 0.0617. The minimum atomic E-state index is -0.292. The third-order valence-electron chi connectivity index (χ3n) is 3.70. The van der Waals surface area contributed by atoms with Crippen molar-refractivity contribution < 1.29 is 19.8 Å². The average Bonchev–Trinajstić information content (AvgIpc) is 2.67. The van der Waals surface area contributed by atoms with Crippen LogP contribution in [0.3, 0.4) is 0 Å². The first-order valence-corrected chi connectivity index (χ1v) is 7.00. The van der Waals surface area contributed by atoms with Crippen LogP contribution in [0.2, 0.25) is 0 Å². The van der Waals surface area contributed by atoms with Crippen LogP contribution in [0, 0.1) is 0 Å². The highest BCUT2D eigenvalue weighted by Crippen LogP contribution is 2.25. The second-order valence-corrected chi connectivity index (χ2v) is 5.26. The van der Waals surface area contributed by atoms with Gasteiger partial charge >= 0.3 is 0 Å². The number of hydrogen-bond acceptors (Lipinski definition) is 5. The largest absolute Gasteiger partial charge is 0.504 e. The summed E-state index contributed by atoms with van der Waals surface area (Å²) in [5.41, 5.74) is 0.373. The molecule has 6 heteroatoms. The quantitative estimate of drug-likeness (QED) is 0.637. The van der Waals surface area contributed by atoms with Gasteiger partial charge < -0.3 is 15.1 Å². The van der Waals surface area contributed by atoms with Crippen molar-refractivity contribution in [2.24, 2.45) is 0 Å². The molecule has 2 N–H and O–H groups in total. The lowest BCUT2D eigenvalue weighted by Crippen LogP contribution is -2.35. The third-order valence-corrected chi connectivity index (χ3v) is 3.70. The number of carbonyl (C=O) groups is 2. The van der Waals surface area contributed by atoms with Gasteiger partial charge in [0.05, 0.1) is 6.54 Å². The maximum Gasteiger partial charge on any atom is 0.219 e. The highest BCUT2D eigenvalue weighted by atomic mass is 16.3. The zero-order valence-corrected chi connectivity index (χ0v) is 12.1. The highest BCUT2D eigenvalue weighted by Gasteiger charge is 2.19. The van der Waals surface area contributed by atoms with Crippen LogP contribution in [-0.2, 0) is 4.79 Å². The van der Waals surface area contributed by atoms with Gasteiger partial charge in [-0.2, -0.15) is 0 Å². The van der Waals surface area contributed by atoms with Gasteiger partial charge in [0.2, 0.25) is 5.91 Å². The van der Waals surface area contributed by atoms with Gasteiger partial charge in [0.1, 0.15) is 0 Å². The predicted molar refractivity (Wildman–Crippen MR) is 77.4 cm³/mol. The van der Waals surface area contributed by atoms with E-state index in [1.807, 2.05) is 4.90 Å². The molecule has 0 spiro atoms. The Morgan fingerprint density at radius 2 is 1.86 bits per heavy atom. The molecule has 0 radical (unpaired) electrons. The summed E-state index contributed by atoms with van der Waals surface area (Å²) in [6.07, 6.45) is 0.841. The van der Waals surface area contributed by atoms with Crippen LogP contribution in [0.1, 0.15) is 23.7 Å². The average molecular weight is 292 g/mol. The number of rotatable bonds is 3. The van der Waals surface area contributed by atoms with Crippen molar-refractivity contribution >= 4 is 11.7 Å². The van der Waals surface area contributed by atoms with E-state index >= 15 is 0 Å². The fraction of sp³-hybridized carbons (Fsp3) is 0.467. The third kappa shape index (κ3) is 3.95. The molecule has 0 aromatic heterocycles. The van der Waals surface area contributed by atoms with E-state index < -0.39 is 0 Å². The van der Waals surface area contributed by atoms with E-state index in [0.29, 0.717) is 18.7 Å². The zero-order valence-electron chi connectivity index (χ0n) is 12.1. The van der Waals surface area contributed by atoms with E-state index in [-0.39, 0.29) is 29.7 Å². The Kier molecular flexibility index (Phi) is 4.80. The number of phenolic OH excluding ortho intramolecular Hbond substituents is 2. The normalized spacial score (nSPS) is 16.5. The maximum absolute atomic E-state index is 12.2. The van der Waals surface area contributed by atoms with Crippen LogP contribution < -0.4 is 0 Å². The van der Waals surface area contributed by atoms with Crippen molar-refractivity contribution in [3.05, 3.63) is 23.8 Å². The summed E-state index contributed by atoms with van der Waals surface area (Å²) in [5, 5.41) is 18.7. The van der Waals surface area contributed by atoms with Gasteiger partial charge in [0.25, 0.3) is 0 Å². The van der Waals surface area contributed by atoms with Gasteiger partial charge in [-0.3, -0.25) is 14.5 Å². The molecule has 114 valence electrons. The van der Waals surface area contributed by atoms with Crippen molar-refractivity contribution in [1.29, 1.82) is 0 Å². The Hall–Kier alpha value is -2.08. The minimum Gasteiger partial charge on any atom is -0.504 e. The van der Waals surface area contributed by atoms with E-state index in [1.165, 1.54) is 18.2 Å². The van der Waals surface area contributed by atoms with Gasteiger partial charge in [-0.15, -0.1) is 0 Å². The number of benzene rings is 1. The summed E-state index contributed by atoms with van der Waals surface area (Å²) in [6.45, 7) is 4.58. The lowest BCUT2D eigenvalue weighted by molar-refractivity contribution is -0.128. The molecule has 1 aromatic rings. The molecule has 0 saturated carbocycles. The Balaban J connectivity index is 1.96. The molecule has 0 bridgehead atoms. The molecule has 1 aromatic carbocycles. The first kappa shape index (κ1) is 15.3. The van der Waals surface area contributed by atoms with E-state index in [0.717, 1.165) is 19.5 Å². The smallest absolute Gasteiger partial charge is 0.219 e. The first-order chi connectivity index (χ1) is 9.97. The topological polar surface area (TPSA) is 81.1 Å². The fourth-order valence-electron chi connectivity index (χ4n) is 2.44. The predicted octanol–water partition coefficient (Wildman–Crippen LogP) is 0.835. The number of hydrogen-bond donors (Lipinski definition) is 2. The number of phenols is 2. The van der Waals surface area contributed by atoms with E-state index in [2.05, 4.69) is 0 Å². The summed E-state index contributed by atoms with van der Waals surface area (Å²) < 4.78 is 0. The van der Waals surface area contributed by atoms with Gasteiger partial charge in [0, 0.05) is 38.7 Å². The number of amides is 1. The van der Waals surface area contributed by atoms with Crippen LogP contribution in [-0.4, -0.2) is 64.4 Å². The van der Waals surface area contributed by atoms with E-state index in [4.69, 9.17) is 0 Å². The monoisotopic (exact) mass is 292 g/mol. The van der Waals surface area contributed by atoms with Crippen LogP contribution >= 0.6 is 0 Å². The zero-order chi connectivity index (χ0) is 15.4. The SMILES string of the molecule is CC(=O)N1CCCN(CC(=O)c2ccc(O)c(O)c2)CC1. The molecule has 0 atom stereocenters. The summed E-state index contributed by atoms with van der Waals surface area (Å²) in [4.78, 5) is 27.3. The summed E-state index contributed by atoms with van der Waals surface area (Å²) in [7, 11) is 0. The van der Waals surface area contributed by atoms with Crippen molar-refractivity contribution in [1.82, 2.24) is 9.80 Å². The van der Waals surface area contributed by atoms with Crippen molar-refractivity contribution in [2.75, 3.05) is 32.7 Å². The lowest BCUT2D eigenvalue weighted by Gasteiger charge is -2.20. The van der Waals surface area contributed by atoms with Crippen LogP contribution in [0.5, 0.6) is 11.5 Å². The molecule has 1 aliphatic heterocycles. The van der Waals surface area contributed by atoms with Gasteiger partial charge in [-0.05, 0) is 24.6 Å². The van der Waals surface area contributed by atoms with Crippen LogP contribution in [0.25, 0.3) is 0 Å².